The molecule has 1 saturated carbocycles. The molecule has 1 aliphatic rings. The van der Waals surface area contributed by atoms with Crippen LogP contribution in [0.15, 0.2) is 24.3 Å². The molecule has 20 heavy (non-hydrogen) atoms. The second kappa shape index (κ2) is 7.09. The van der Waals surface area contributed by atoms with Crippen LogP contribution in [-0.2, 0) is 0 Å². The summed E-state index contributed by atoms with van der Waals surface area (Å²) in [5.74, 6) is 0.946. The van der Waals surface area contributed by atoms with Crippen LogP contribution < -0.4 is 10.1 Å². The van der Waals surface area contributed by atoms with Crippen molar-refractivity contribution in [1.82, 2.24) is 10.2 Å². The molecule has 1 aliphatic carbocycles. The second-order valence-electron chi connectivity index (χ2n) is 5.91. The third kappa shape index (κ3) is 3.53. The van der Waals surface area contributed by atoms with Gasteiger partial charge < -0.3 is 10.1 Å². The van der Waals surface area contributed by atoms with Crippen molar-refractivity contribution in [1.29, 1.82) is 0 Å². The first kappa shape index (κ1) is 15.3. The van der Waals surface area contributed by atoms with E-state index in [-0.39, 0.29) is 0 Å². The average molecular weight is 276 g/mol. The summed E-state index contributed by atoms with van der Waals surface area (Å²) in [6.07, 6.45) is 5.15. The van der Waals surface area contributed by atoms with Crippen LogP contribution in [0.1, 0.15) is 44.2 Å². The van der Waals surface area contributed by atoms with Gasteiger partial charge in [-0.1, -0.05) is 12.1 Å². The lowest BCUT2D eigenvalue weighted by Crippen LogP contribution is -2.40. The van der Waals surface area contributed by atoms with Crippen LogP contribution in [0.4, 0.5) is 0 Å². The topological polar surface area (TPSA) is 24.5 Å². The molecule has 1 aromatic rings. The summed E-state index contributed by atoms with van der Waals surface area (Å²) in [5.41, 5.74) is 1.34. The van der Waals surface area contributed by atoms with Crippen LogP contribution in [0.3, 0.4) is 0 Å². The van der Waals surface area contributed by atoms with Gasteiger partial charge in [0.1, 0.15) is 5.75 Å². The number of hydrogen-bond acceptors (Lipinski definition) is 3. The summed E-state index contributed by atoms with van der Waals surface area (Å²) in [5, 5.41) is 3.40. The zero-order chi connectivity index (χ0) is 14.5. The maximum absolute atomic E-state index is 5.33. The standard InChI is InChI=1S/C17H28N2O/c1-13(14-6-5-7-17(12-14)20-4)19(3)16-10-8-15(18-2)9-11-16/h5-7,12-13,15-16,18H,8-11H2,1-4H3. The Morgan fingerprint density at radius 3 is 2.55 bits per heavy atom. The summed E-state index contributed by atoms with van der Waals surface area (Å²) in [7, 11) is 6.06. The van der Waals surface area contributed by atoms with Crippen LogP contribution in [-0.4, -0.2) is 38.2 Å². The van der Waals surface area contributed by atoms with E-state index < -0.39 is 0 Å². The molecule has 1 atom stereocenters. The van der Waals surface area contributed by atoms with Crippen molar-refractivity contribution in [3.8, 4) is 5.75 Å². The molecule has 0 radical (unpaired) electrons. The van der Waals surface area contributed by atoms with Crippen molar-refractivity contribution in [3.05, 3.63) is 29.8 Å². The van der Waals surface area contributed by atoms with Gasteiger partial charge in [0.25, 0.3) is 0 Å². The van der Waals surface area contributed by atoms with Crippen molar-refractivity contribution >= 4 is 0 Å². The molecule has 0 aromatic heterocycles. The number of nitrogens with zero attached hydrogens (tertiary/aromatic N) is 1. The molecular formula is C17H28N2O. The van der Waals surface area contributed by atoms with Gasteiger partial charge >= 0.3 is 0 Å². The zero-order valence-electron chi connectivity index (χ0n) is 13.2. The predicted molar refractivity (Wildman–Crippen MR) is 84.3 cm³/mol. The van der Waals surface area contributed by atoms with Crippen molar-refractivity contribution < 1.29 is 4.74 Å². The van der Waals surface area contributed by atoms with Gasteiger partial charge in [0.05, 0.1) is 7.11 Å². The number of methoxy groups -OCH3 is 1. The molecule has 2 rings (SSSR count). The Morgan fingerprint density at radius 1 is 1.25 bits per heavy atom. The normalized spacial score (nSPS) is 24.6. The van der Waals surface area contributed by atoms with Gasteiger partial charge in [0, 0.05) is 18.1 Å². The Labute approximate surface area is 123 Å². The van der Waals surface area contributed by atoms with Gasteiger partial charge in [0.2, 0.25) is 0 Å². The Kier molecular flexibility index (Phi) is 5.44. The molecule has 0 aliphatic heterocycles. The number of ether oxygens (including phenoxy) is 1. The highest BCUT2D eigenvalue weighted by atomic mass is 16.5. The van der Waals surface area contributed by atoms with E-state index in [9.17, 15) is 0 Å². The molecule has 3 heteroatoms. The van der Waals surface area contributed by atoms with Gasteiger partial charge in [-0.2, -0.15) is 0 Å². The largest absolute Gasteiger partial charge is 0.497 e. The zero-order valence-corrected chi connectivity index (χ0v) is 13.2. The smallest absolute Gasteiger partial charge is 0.119 e. The molecule has 1 aromatic carbocycles. The summed E-state index contributed by atoms with van der Waals surface area (Å²) in [6.45, 7) is 2.29. The molecule has 0 spiro atoms. The first-order valence-corrected chi connectivity index (χ1v) is 7.69. The highest BCUT2D eigenvalue weighted by Gasteiger charge is 2.26. The Bertz CT molecular complexity index is 413. The molecule has 3 nitrogen and oxygen atoms in total. The van der Waals surface area contributed by atoms with Crippen molar-refractivity contribution in [2.75, 3.05) is 21.2 Å². The number of rotatable bonds is 5. The van der Waals surface area contributed by atoms with Crippen molar-refractivity contribution in [2.24, 2.45) is 0 Å². The van der Waals surface area contributed by atoms with Crippen LogP contribution in [0.5, 0.6) is 5.75 Å². The van der Waals surface area contributed by atoms with E-state index in [2.05, 4.69) is 49.4 Å². The lowest BCUT2D eigenvalue weighted by atomic mass is 9.89. The molecular weight excluding hydrogens is 248 g/mol. The maximum atomic E-state index is 5.33. The predicted octanol–water partition coefficient (Wildman–Crippen LogP) is 3.22. The minimum absolute atomic E-state index is 0.432. The van der Waals surface area contributed by atoms with Crippen LogP contribution >= 0.6 is 0 Å². The van der Waals surface area contributed by atoms with E-state index in [1.165, 1.54) is 31.2 Å². The molecule has 0 heterocycles. The average Bonchev–Trinajstić information content (AvgIpc) is 2.53. The molecule has 1 unspecified atom stereocenters. The van der Waals surface area contributed by atoms with Gasteiger partial charge in [-0.25, -0.2) is 0 Å². The summed E-state index contributed by atoms with van der Waals surface area (Å²) in [6, 6.07) is 10.3. The maximum Gasteiger partial charge on any atom is 0.119 e. The first-order valence-electron chi connectivity index (χ1n) is 7.69. The number of benzene rings is 1. The minimum Gasteiger partial charge on any atom is -0.497 e. The van der Waals surface area contributed by atoms with E-state index in [1.54, 1.807) is 7.11 Å². The van der Waals surface area contributed by atoms with Crippen molar-refractivity contribution in [3.63, 3.8) is 0 Å². The summed E-state index contributed by atoms with van der Waals surface area (Å²) in [4.78, 5) is 2.53. The van der Waals surface area contributed by atoms with Gasteiger partial charge in [-0.15, -0.1) is 0 Å². The van der Waals surface area contributed by atoms with Gasteiger partial charge in [-0.05, 0) is 64.4 Å². The van der Waals surface area contributed by atoms with Crippen LogP contribution in [0.25, 0.3) is 0 Å². The lowest BCUT2D eigenvalue weighted by Gasteiger charge is -2.38. The molecule has 112 valence electrons. The Balaban J connectivity index is 1.99. The monoisotopic (exact) mass is 276 g/mol. The summed E-state index contributed by atoms with van der Waals surface area (Å²) >= 11 is 0. The third-order valence-corrected chi connectivity index (χ3v) is 4.87. The number of nitrogens with one attached hydrogen (secondary N) is 1. The fraction of sp³-hybridized carbons (Fsp3) is 0.647. The molecule has 1 N–H and O–H groups in total. The highest BCUT2D eigenvalue weighted by Crippen LogP contribution is 2.30. The quantitative estimate of drug-likeness (QED) is 0.893. The fourth-order valence-electron chi connectivity index (χ4n) is 3.22. The molecule has 0 saturated heterocycles. The Morgan fingerprint density at radius 2 is 1.95 bits per heavy atom. The Hall–Kier alpha value is -1.06. The summed E-state index contributed by atoms with van der Waals surface area (Å²) < 4.78 is 5.33. The van der Waals surface area contributed by atoms with Crippen molar-refractivity contribution in [2.45, 2.75) is 50.7 Å². The number of hydrogen-bond donors (Lipinski definition) is 1. The SMILES string of the molecule is CNC1CCC(N(C)C(C)c2cccc(OC)c2)CC1. The van der Waals surface area contributed by atoms with E-state index in [4.69, 9.17) is 4.74 Å². The molecule has 0 bridgehead atoms. The minimum atomic E-state index is 0.432. The fourth-order valence-corrected chi connectivity index (χ4v) is 3.22. The van der Waals surface area contributed by atoms with E-state index in [1.807, 2.05) is 6.07 Å². The van der Waals surface area contributed by atoms with E-state index in [0.29, 0.717) is 18.1 Å². The molecule has 1 fully saturated rings. The van der Waals surface area contributed by atoms with Crippen LogP contribution in [0, 0.1) is 0 Å². The van der Waals surface area contributed by atoms with E-state index >= 15 is 0 Å². The van der Waals surface area contributed by atoms with Gasteiger partial charge in [-0.3, -0.25) is 4.90 Å². The molecule has 0 amide bonds. The first-order chi connectivity index (χ1) is 9.65. The third-order valence-electron chi connectivity index (χ3n) is 4.87. The lowest BCUT2D eigenvalue weighted by molar-refractivity contribution is 0.136. The van der Waals surface area contributed by atoms with Gasteiger partial charge in [0.15, 0.2) is 0 Å². The van der Waals surface area contributed by atoms with Crippen LogP contribution in [0.2, 0.25) is 0 Å². The second-order valence-corrected chi connectivity index (χ2v) is 5.91. The van der Waals surface area contributed by atoms with E-state index in [0.717, 1.165) is 5.75 Å². The highest BCUT2D eigenvalue weighted by molar-refractivity contribution is 5.30.